The molecule has 1 heterocycles. The van der Waals surface area contributed by atoms with Gasteiger partial charge < -0.3 is 24.4 Å². The highest BCUT2D eigenvalue weighted by atomic mass is 16.5. The third kappa shape index (κ3) is 5.59. The third-order valence-electron chi connectivity index (χ3n) is 4.32. The average Bonchev–Trinajstić information content (AvgIpc) is 2.93. The van der Waals surface area contributed by atoms with Crippen molar-refractivity contribution in [1.29, 1.82) is 0 Å². The molecule has 29 heavy (non-hydrogen) atoms. The normalized spacial score (nSPS) is 14.6. The van der Waals surface area contributed by atoms with Gasteiger partial charge in [0.05, 0.1) is 14.2 Å². The smallest absolute Gasteiger partial charge is 0.326 e. The number of nitrogens with one attached hydrogen (secondary N) is 1. The summed E-state index contributed by atoms with van der Waals surface area (Å²) in [6, 6.07) is 4.48. The molecule has 1 fully saturated rings. The van der Waals surface area contributed by atoms with Gasteiger partial charge in [-0.2, -0.15) is 0 Å². The van der Waals surface area contributed by atoms with Gasteiger partial charge in [0, 0.05) is 31.8 Å². The number of anilines is 1. The van der Waals surface area contributed by atoms with E-state index in [9.17, 15) is 19.2 Å². The Hall–Kier alpha value is -3.30. The van der Waals surface area contributed by atoms with Gasteiger partial charge in [-0.3, -0.25) is 19.3 Å². The van der Waals surface area contributed by atoms with Crippen molar-refractivity contribution in [3.8, 4) is 11.5 Å². The molecule has 1 aromatic carbocycles. The summed E-state index contributed by atoms with van der Waals surface area (Å²) in [7, 11) is 4.52. The predicted molar refractivity (Wildman–Crippen MR) is 103 cm³/mol. The maximum atomic E-state index is 12.2. The highest BCUT2D eigenvalue weighted by Gasteiger charge is 2.33. The van der Waals surface area contributed by atoms with E-state index in [1.54, 1.807) is 18.2 Å². The number of urea groups is 1. The molecule has 0 aliphatic carbocycles. The van der Waals surface area contributed by atoms with Gasteiger partial charge in [-0.15, -0.1) is 0 Å². The predicted octanol–water partition coefficient (Wildman–Crippen LogP) is 1.25. The third-order valence-corrected chi connectivity index (χ3v) is 4.32. The van der Waals surface area contributed by atoms with E-state index in [-0.39, 0.29) is 37.9 Å². The lowest BCUT2D eigenvalue weighted by Crippen LogP contribution is -2.33. The lowest BCUT2D eigenvalue weighted by atomic mass is 10.2. The van der Waals surface area contributed by atoms with Crippen molar-refractivity contribution in [1.82, 2.24) is 9.80 Å². The zero-order valence-electron chi connectivity index (χ0n) is 16.9. The number of imide groups is 1. The topological polar surface area (TPSA) is 114 Å². The number of esters is 1. The van der Waals surface area contributed by atoms with Crippen molar-refractivity contribution in [2.45, 2.75) is 25.9 Å². The summed E-state index contributed by atoms with van der Waals surface area (Å²) in [5.74, 6) is -0.421. The lowest BCUT2D eigenvalue weighted by molar-refractivity contribution is -0.153. The summed E-state index contributed by atoms with van der Waals surface area (Å²) in [5, 5.41) is 2.64. The lowest BCUT2D eigenvalue weighted by Gasteiger charge is -2.16. The fourth-order valence-electron chi connectivity index (χ4n) is 2.74. The number of amides is 4. The summed E-state index contributed by atoms with van der Waals surface area (Å²) < 4.78 is 15.4. The summed E-state index contributed by atoms with van der Waals surface area (Å²) in [5.41, 5.74) is 0.464. The summed E-state index contributed by atoms with van der Waals surface area (Å²) in [6.45, 7) is 1.62. The standard InChI is InChI=1S/C19H25N3O7/c1-12(18(25)20-13-7-8-14(27-3)15(10-13)28-4)29-17(24)6-5-9-22-16(23)11-21(2)19(22)26/h7-8,10,12H,5-6,9,11H2,1-4H3,(H,20,25)/t12-/m0/s1. The fourth-order valence-corrected chi connectivity index (χ4v) is 2.74. The number of nitrogens with zero attached hydrogens (tertiary/aromatic N) is 2. The molecule has 10 heteroatoms. The quantitative estimate of drug-likeness (QED) is 0.484. The number of rotatable bonds is 9. The number of carbonyl (C=O) groups excluding carboxylic acids is 4. The number of hydrogen-bond donors (Lipinski definition) is 1. The van der Waals surface area contributed by atoms with Gasteiger partial charge in [0.15, 0.2) is 17.6 Å². The molecule has 1 saturated heterocycles. The van der Waals surface area contributed by atoms with E-state index in [1.165, 1.54) is 33.1 Å². The SMILES string of the molecule is COc1ccc(NC(=O)[C@H](C)OC(=O)CCCN2C(=O)CN(C)C2=O)cc1OC. The molecule has 0 unspecified atom stereocenters. The van der Waals surface area contributed by atoms with Gasteiger partial charge in [-0.25, -0.2) is 4.79 Å². The van der Waals surface area contributed by atoms with Crippen LogP contribution in [0.2, 0.25) is 0 Å². The van der Waals surface area contributed by atoms with Crippen LogP contribution in [0.25, 0.3) is 0 Å². The summed E-state index contributed by atoms with van der Waals surface area (Å²) in [6.07, 6.45) is -0.778. The van der Waals surface area contributed by atoms with Gasteiger partial charge in [-0.1, -0.05) is 0 Å². The molecule has 1 aliphatic rings. The van der Waals surface area contributed by atoms with Crippen LogP contribution in [0.3, 0.4) is 0 Å². The number of ether oxygens (including phenoxy) is 3. The van der Waals surface area contributed by atoms with Crippen LogP contribution in [0.5, 0.6) is 11.5 Å². The van der Waals surface area contributed by atoms with Crippen molar-refractivity contribution in [3.63, 3.8) is 0 Å². The minimum absolute atomic E-state index is 0.0191. The van der Waals surface area contributed by atoms with Crippen LogP contribution < -0.4 is 14.8 Å². The molecule has 0 aromatic heterocycles. The van der Waals surface area contributed by atoms with Crippen molar-refractivity contribution >= 4 is 29.5 Å². The second-order valence-corrected chi connectivity index (χ2v) is 6.48. The number of carbonyl (C=O) groups is 4. The van der Waals surface area contributed by atoms with Crippen LogP contribution in [0.4, 0.5) is 10.5 Å². The Kier molecular flexibility index (Phi) is 7.40. The molecule has 0 bridgehead atoms. The Morgan fingerprint density at radius 3 is 2.45 bits per heavy atom. The zero-order chi connectivity index (χ0) is 21.6. The molecule has 0 radical (unpaired) electrons. The summed E-state index contributed by atoms with van der Waals surface area (Å²) >= 11 is 0. The van der Waals surface area contributed by atoms with Crippen LogP contribution >= 0.6 is 0 Å². The number of likely N-dealkylation sites (N-methyl/N-ethyl adjacent to an activating group) is 1. The number of methoxy groups -OCH3 is 2. The fraction of sp³-hybridized carbons (Fsp3) is 0.474. The van der Waals surface area contributed by atoms with Crippen LogP contribution in [-0.4, -0.2) is 74.1 Å². The van der Waals surface area contributed by atoms with E-state index >= 15 is 0 Å². The van der Waals surface area contributed by atoms with Gasteiger partial charge in [-0.05, 0) is 25.5 Å². The first-order chi connectivity index (χ1) is 13.8. The molecule has 0 saturated carbocycles. The van der Waals surface area contributed by atoms with E-state index in [1.807, 2.05) is 0 Å². The molecular formula is C19H25N3O7. The van der Waals surface area contributed by atoms with E-state index in [2.05, 4.69) is 5.32 Å². The minimum atomic E-state index is -1.02. The van der Waals surface area contributed by atoms with E-state index in [4.69, 9.17) is 14.2 Å². The highest BCUT2D eigenvalue weighted by molar-refractivity contribution is 6.01. The summed E-state index contributed by atoms with van der Waals surface area (Å²) in [4.78, 5) is 50.0. The Labute approximate surface area is 168 Å². The maximum absolute atomic E-state index is 12.2. The second-order valence-electron chi connectivity index (χ2n) is 6.48. The molecule has 2 rings (SSSR count). The Balaban J connectivity index is 1.79. The molecule has 0 spiro atoms. The number of hydrogen-bond acceptors (Lipinski definition) is 7. The Morgan fingerprint density at radius 2 is 1.86 bits per heavy atom. The highest BCUT2D eigenvalue weighted by Crippen LogP contribution is 2.29. The van der Waals surface area contributed by atoms with Crippen molar-refractivity contribution < 1.29 is 33.4 Å². The minimum Gasteiger partial charge on any atom is -0.493 e. The molecular weight excluding hydrogens is 382 g/mol. The van der Waals surface area contributed by atoms with E-state index in [0.717, 1.165) is 4.90 Å². The average molecular weight is 407 g/mol. The molecule has 10 nitrogen and oxygen atoms in total. The second kappa shape index (κ2) is 9.76. The first-order valence-electron chi connectivity index (χ1n) is 9.04. The zero-order valence-corrected chi connectivity index (χ0v) is 16.9. The molecule has 1 aliphatic heterocycles. The van der Waals surface area contributed by atoms with Crippen LogP contribution in [0.15, 0.2) is 18.2 Å². The van der Waals surface area contributed by atoms with Gasteiger partial charge in [0.1, 0.15) is 6.54 Å². The van der Waals surface area contributed by atoms with Crippen molar-refractivity contribution in [2.75, 3.05) is 39.7 Å². The van der Waals surface area contributed by atoms with E-state index < -0.39 is 18.0 Å². The molecule has 4 amide bonds. The Morgan fingerprint density at radius 1 is 1.17 bits per heavy atom. The van der Waals surface area contributed by atoms with Gasteiger partial charge >= 0.3 is 12.0 Å². The first kappa shape index (κ1) is 22.0. The Bertz CT molecular complexity index is 796. The largest absolute Gasteiger partial charge is 0.493 e. The number of benzene rings is 1. The van der Waals surface area contributed by atoms with Crippen LogP contribution in [-0.2, 0) is 19.1 Å². The van der Waals surface area contributed by atoms with Gasteiger partial charge in [0.2, 0.25) is 5.91 Å². The monoisotopic (exact) mass is 407 g/mol. The molecule has 1 N–H and O–H groups in total. The van der Waals surface area contributed by atoms with Crippen LogP contribution in [0, 0.1) is 0 Å². The first-order valence-corrected chi connectivity index (χ1v) is 9.04. The van der Waals surface area contributed by atoms with Crippen LogP contribution in [0.1, 0.15) is 19.8 Å². The van der Waals surface area contributed by atoms with E-state index in [0.29, 0.717) is 17.2 Å². The molecule has 158 valence electrons. The van der Waals surface area contributed by atoms with Gasteiger partial charge in [0.25, 0.3) is 5.91 Å². The molecule has 1 atom stereocenters. The molecule has 1 aromatic rings. The maximum Gasteiger partial charge on any atom is 0.326 e. The van der Waals surface area contributed by atoms with Crippen molar-refractivity contribution in [3.05, 3.63) is 18.2 Å². The van der Waals surface area contributed by atoms with Crippen molar-refractivity contribution in [2.24, 2.45) is 0 Å².